The molecule has 0 saturated heterocycles. The number of carbonyl (C=O) groups is 2. The van der Waals surface area contributed by atoms with Crippen LogP contribution in [-0.2, 0) is 26.1 Å². The van der Waals surface area contributed by atoms with Crippen molar-refractivity contribution in [2.75, 3.05) is 54.4 Å². The molecule has 0 aromatic carbocycles. The molecule has 2 aliphatic carbocycles. The van der Waals surface area contributed by atoms with Crippen LogP contribution in [0.1, 0.15) is 12.8 Å². The van der Waals surface area contributed by atoms with E-state index in [1.54, 1.807) is 36.7 Å². The molecule has 0 aromatic rings. The van der Waals surface area contributed by atoms with Crippen molar-refractivity contribution in [1.29, 1.82) is 0 Å². The van der Waals surface area contributed by atoms with E-state index >= 15 is 0 Å². The van der Waals surface area contributed by atoms with E-state index in [0.717, 1.165) is 50.2 Å². The smallest absolute Gasteiger partial charge is 0.187 e. The van der Waals surface area contributed by atoms with Crippen molar-refractivity contribution in [2.24, 2.45) is 0 Å². The molecule has 0 amide bonds. The Morgan fingerprint density at radius 1 is 0.677 bits per heavy atom. The molecule has 0 heterocycles. The summed E-state index contributed by atoms with van der Waals surface area (Å²) in [6, 6.07) is 0. The fraction of sp³-hybridized carbons (Fsp3) is 0.417. The monoisotopic (exact) mass is 470 g/mol. The van der Waals surface area contributed by atoms with E-state index in [2.05, 4.69) is 48.6 Å². The van der Waals surface area contributed by atoms with Gasteiger partial charge in [-0.3, -0.25) is 9.59 Å². The van der Waals surface area contributed by atoms with Crippen LogP contribution in [0.3, 0.4) is 0 Å². The molecule has 7 heteroatoms. The Morgan fingerprint density at radius 2 is 1.03 bits per heavy atom. The van der Waals surface area contributed by atoms with E-state index < -0.39 is 0 Å². The Labute approximate surface area is 197 Å². The number of ketones is 2. The van der Waals surface area contributed by atoms with Gasteiger partial charge in [0.1, 0.15) is 0 Å². The number of nitrogens with one attached hydrogen (secondary N) is 2. The summed E-state index contributed by atoms with van der Waals surface area (Å²) >= 11 is 0. The molecule has 0 unspecified atom stereocenters. The maximum absolute atomic E-state index is 11.3. The van der Waals surface area contributed by atoms with Crippen LogP contribution in [-0.4, -0.2) is 75.7 Å². The van der Waals surface area contributed by atoms with Crippen molar-refractivity contribution >= 4 is 11.6 Å². The number of carbonyl (C=O) groups excluding carboxylic acids is 2. The van der Waals surface area contributed by atoms with Crippen LogP contribution in [0.2, 0.25) is 0 Å². The van der Waals surface area contributed by atoms with Gasteiger partial charge in [-0.25, -0.2) is 0 Å². The minimum atomic E-state index is 0. The van der Waals surface area contributed by atoms with Crippen molar-refractivity contribution < 1.29 is 26.1 Å². The number of rotatable bonds is 10. The normalized spacial score (nSPS) is 17.2. The first-order valence-corrected chi connectivity index (χ1v) is 10.3. The van der Waals surface area contributed by atoms with E-state index in [9.17, 15) is 9.59 Å². The van der Waals surface area contributed by atoms with E-state index in [-0.39, 0.29) is 28.1 Å². The Bertz CT molecular complexity index is 670. The van der Waals surface area contributed by atoms with E-state index in [1.165, 1.54) is 0 Å². The summed E-state index contributed by atoms with van der Waals surface area (Å²) < 4.78 is 0. The third-order valence-electron chi connectivity index (χ3n) is 4.21. The minimum Gasteiger partial charge on any atom is -0.390 e. The van der Waals surface area contributed by atoms with Gasteiger partial charge in [0.2, 0.25) is 0 Å². The Hall–Kier alpha value is -2.21. The van der Waals surface area contributed by atoms with Gasteiger partial charge in [0.25, 0.3) is 0 Å². The first kappa shape index (κ1) is 28.8. The molecule has 0 aliphatic heterocycles. The largest absolute Gasteiger partial charge is 0.390 e. The molecule has 0 spiro atoms. The molecule has 174 valence electrons. The van der Waals surface area contributed by atoms with E-state index in [1.807, 2.05) is 24.3 Å². The molecule has 0 saturated carbocycles. The van der Waals surface area contributed by atoms with Crippen LogP contribution < -0.4 is 10.6 Å². The van der Waals surface area contributed by atoms with Crippen molar-refractivity contribution in [3.8, 4) is 0 Å². The second-order valence-corrected chi connectivity index (χ2v) is 7.59. The molecule has 2 rings (SSSR count). The summed E-state index contributed by atoms with van der Waals surface area (Å²) in [5, 5.41) is 6.29. The molecule has 0 radical (unpaired) electrons. The van der Waals surface area contributed by atoms with Gasteiger partial charge in [0.15, 0.2) is 11.6 Å². The second kappa shape index (κ2) is 17.5. The van der Waals surface area contributed by atoms with E-state index in [0.29, 0.717) is 0 Å². The zero-order valence-electron chi connectivity index (χ0n) is 19.0. The molecule has 0 bridgehead atoms. The molecule has 0 aromatic heterocycles. The third-order valence-corrected chi connectivity index (χ3v) is 4.21. The van der Waals surface area contributed by atoms with Gasteiger partial charge >= 0.3 is 0 Å². The Kier molecular flexibility index (Phi) is 16.2. The number of hydrogen-bond donors (Lipinski definition) is 2. The van der Waals surface area contributed by atoms with Crippen molar-refractivity contribution in [3.63, 3.8) is 0 Å². The third kappa shape index (κ3) is 14.4. The van der Waals surface area contributed by atoms with Crippen LogP contribution >= 0.6 is 0 Å². The SMILES string of the molecule is CN(C)CCCNC=C1C=CC=CC1=O.CN(C)CCCNC=C1C=CC=CC1=O.[Ni]. The van der Waals surface area contributed by atoms with Crippen molar-refractivity contribution in [2.45, 2.75) is 12.8 Å². The summed E-state index contributed by atoms with van der Waals surface area (Å²) in [4.78, 5) is 26.9. The summed E-state index contributed by atoms with van der Waals surface area (Å²) in [7, 11) is 8.21. The van der Waals surface area contributed by atoms with Crippen LogP contribution in [0, 0.1) is 0 Å². The average Bonchev–Trinajstić information content (AvgIpc) is 2.70. The summed E-state index contributed by atoms with van der Waals surface area (Å²) in [6.07, 6.45) is 19.8. The fourth-order valence-corrected chi connectivity index (χ4v) is 2.56. The molecular formula is C24H36N4NiO2. The molecule has 0 fully saturated rings. The zero-order chi connectivity index (χ0) is 22.2. The van der Waals surface area contributed by atoms with Gasteiger partial charge in [-0.2, -0.15) is 0 Å². The van der Waals surface area contributed by atoms with E-state index in [4.69, 9.17) is 0 Å². The van der Waals surface area contributed by atoms with Crippen molar-refractivity contribution in [3.05, 3.63) is 72.2 Å². The van der Waals surface area contributed by atoms with Gasteiger partial charge in [0.05, 0.1) is 0 Å². The Balaban J connectivity index is 0.000000562. The first-order valence-electron chi connectivity index (χ1n) is 10.3. The quantitative estimate of drug-likeness (QED) is 0.290. The summed E-state index contributed by atoms with van der Waals surface area (Å²) in [6.45, 7) is 3.90. The van der Waals surface area contributed by atoms with Gasteiger partial charge in [-0.1, -0.05) is 24.3 Å². The Morgan fingerprint density at radius 3 is 1.35 bits per heavy atom. The van der Waals surface area contributed by atoms with Crippen LogP contribution in [0.5, 0.6) is 0 Å². The molecule has 2 N–H and O–H groups in total. The molecule has 31 heavy (non-hydrogen) atoms. The predicted octanol–water partition coefficient (Wildman–Crippen LogP) is 2.21. The van der Waals surface area contributed by atoms with Gasteiger partial charge in [-0.05, 0) is 78.4 Å². The second-order valence-electron chi connectivity index (χ2n) is 7.59. The number of allylic oxidation sites excluding steroid dienone is 10. The first-order chi connectivity index (χ1) is 14.4. The topological polar surface area (TPSA) is 64.7 Å². The molecule has 2 aliphatic rings. The molecule has 0 atom stereocenters. The molecule has 6 nitrogen and oxygen atoms in total. The predicted molar refractivity (Wildman–Crippen MR) is 125 cm³/mol. The number of hydrogen-bond acceptors (Lipinski definition) is 6. The minimum absolute atomic E-state index is 0. The van der Waals surface area contributed by atoms with Gasteiger partial charge < -0.3 is 20.4 Å². The maximum Gasteiger partial charge on any atom is 0.187 e. The van der Waals surface area contributed by atoms with Crippen LogP contribution in [0.15, 0.2) is 72.2 Å². The van der Waals surface area contributed by atoms with Gasteiger partial charge in [0, 0.05) is 53.1 Å². The standard InChI is InChI=1S/2C12H18N2O.Ni/c2*1-14(2)9-5-8-13-10-11-6-3-4-7-12(11)15;/h2*3-4,6-7,10,13H,5,8-9H2,1-2H3;. The molecular weight excluding hydrogens is 435 g/mol. The maximum atomic E-state index is 11.3. The van der Waals surface area contributed by atoms with Crippen molar-refractivity contribution in [1.82, 2.24) is 20.4 Å². The van der Waals surface area contributed by atoms with Crippen LogP contribution in [0.4, 0.5) is 0 Å². The number of nitrogens with zero attached hydrogens (tertiary/aromatic N) is 2. The van der Waals surface area contributed by atoms with Crippen LogP contribution in [0.25, 0.3) is 0 Å². The summed E-state index contributed by atoms with van der Waals surface area (Å²) in [5.74, 6) is 0.134. The average molecular weight is 471 g/mol. The summed E-state index contributed by atoms with van der Waals surface area (Å²) in [5.41, 5.74) is 1.45. The zero-order valence-corrected chi connectivity index (χ0v) is 20.0. The fourth-order valence-electron chi connectivity index (χ4n) is 2.56. The van der Waals surface area contributed by atoms with Gasteiger partial charge in [-0.15, -0.1) is 0 Å².